The first-order chi connectivity index (χ1) is 12.4. The fraction of sp³-hybridized carbons (Fsp3) is 0.619. The van der Waals surface area contributed by atoms with E-state index in [2.05, 4.69) is 36.9 Å². The number of carbonyl (C=O) groups is 2. The van der Waals surface area contributed by atoms with Gasteiger partial charge in [-0.25, -0.2) is 0 Å². The quantitative estimate of drug-likeness (QED) is 0.811. The van der Waals surface area contributed by atoms with Gasteiger partial charge in [0.25, 0.3) is 0 Å². The summed E-state index contributed by atoms with van der Waals surface area (Å²) in [7, 11) is 0. The van der Waals surface area contributed by atoms with Gasteiger partial charge in [-0.2, -0.15) is 0 Å². The van der Waals surface area contributed by atoms with Crippen LogP contribution < -0.4 is 0 Å². The standard InChI is InChI=1S/C21H31N3O2/c1-16-6-7-19(12-17(16)2)14-23-10-11-24(15-20(23)25)21(26)18(3)13-22-8-4-5-9-22/h6-7,12,18H,4-5,8-11,13-15H2,1-3H3. The lowest BCUT2D eigenvalue weighted by Gasteiger charge is -2.36. The molecule has 5 nitrogen and oxygen atoms in total. The average molecular weight is 357 g/mol. The number of hydrogen-bond donors (Lipinski definition) is 0. The molecule has 3 rings (SSSR count). The first-order valence-electron chi connectivity index (χ1n) is 9.79. The van der Waals surface area contributed by atoms with Crippen LogP contribution in [0.15, 0.2) is 18.2 Å². The fourth-order valence-corrected chi connectivity index (χ4v) is 3.93. The highest BCUT2D eigenvalue weighted by atomic mass is 16.2. The van der Waals surface area contributed by atoms with Crippen molar-refractivity contribution in [1.29, 1.82) is 0 Å². The van der Waals surface area contributed by atoms with Crippen molar-refractivity contribution in [3.8, 4) is 0 Å². The molecule has 0 aromatic heterocycles. The zero-order valence-corrected chi connectivity index (χ0v) is 16.3. The monoisotopic (exact) mass is 357 g/mol. The molecule has 2 saturated heterocycles. The second-order valence-electron chi connectivity index (χ2n) is 7.90. The van der Waals surface area contributed by atoms with Crippen molar-refractivity contribution in [1.82, 2.24) is 14.7 Å². The van der Waals surface area contributed by atoms with Crippen molar-refractivity contribution in [3.63, 3.8) is 0 Å². The number of likely N-dealkylation sites (tertiary alicyclic amines) is 1. The highest BCUT2D eigenvalue weighted by Gasteiger charge is 2.30. The predicted molar refractivity (Wildman–Crippen MR) is 103 cm³/mol. The molecule has 142 valence electrons. The fourth-order valence-electron chi connectivity index (χ4n) is 3.93. The van der Waals surface area contributed by atoms with E-state index in [1.807, 2.05) is 11.8 Å². The molecule has 2 aliphatic heterocycles. The Kier molecular flexibility index (Phi) is 5.97. The van der Waals surface area contributed by atoms with Crippen molar-refractivity contribution in [3.05, 3.63) is 34.9 Å². The lowest BCUT2D eigenvalue weighted by molar-refractivity contribution is -0.148. The van der Waals surface area contributed by atoms with Gasteiger partial charge in [-0.15, -0.1) is 0 Å². The Labute approximate surface area is 156 Å². The minimum Gasteiger partial charge on any atom is -0.335 e. The van der Waals surface area contributed by atoms with Crippen LogP contribution in [-0.2, 0) is 16.1 Å². The molecule has 0 aliphatic carbocycles. The maximum absolute atomic E-state index is 12.7. The maximum Gasteiger partial charge on any atom is 0.242 e. The maximum atomic E-state index is 12.7. The van der Waals surface area contributed by atoms with Crippen LogP contribution in [0.4, 0.5) is 0 Å². The van der Waals surface area contributed by atoms with Crippen LogP contribution >= 0.6 is 0 Å². The van der Waals surface area contributed by atoms with Gasteiger partial charge in [0.05, 0.1) is 6.54 Å². The van der Waals surface area contributed by atoms with Gasteiger partial charge in [-0.3, -0.25) is 9.59 Å². The summed E-state index contributed by atoms with van der Waals surface area (Å²) in [5, 5.41) is 0. The van der Waals surface area contributed by atoms with E-state index in [9.17, 15) is 9.59 Å². The number of rotatable bonds is 5. The van der Waals surface area contributed by atoms with Crippen LogP contribution in [0.3, 0.4) is 0 Å². The second-order valence-corrected chi connectivity index (χ2v) is 7.90. The number of benzene rings is 1. The van der Waals surface area contributed by atoms with E-state index < -0.39 is 0 Å². The Hall–Kier alpha value is -1.88. The van der Waals surface area contributed by atoms with Crippen LogP contribution in [0.25, 0.3) is 0 Å². The number of aryl methyl sites for hydroxylation is 2. The largest absolute Gasteiger partial charge is 0.335 e. The van der Waals surface area contributed by atoms with Gasteiger partial charge in [0.2, 0.25) is 11.8 Å². The Balaban J connectivity index is 1.53. The molecule has 1 unspecified atom stereocenters. The lowest BCUT2D eigenvalue weighted by atomic mass is 10.1. The first kappa shape index (κ1) is 18.9. The van der Waals surface area contributed by atoms with Gasteiger partial charge in [0.15, 0.2) is 0 Å². The molecular weight excluding hydrogens is 326 g/mol. The smallest absolute Gasteiger partial charge is 0.242 e. The van der Waals surface area contributed by atoms with E-state index >= 15 is 0 Å². The minimum atomic E-state index is -0.0350. The Morgan fingerprint density at radius 2 is 1.81 bits per heavy atom. The predicted octanol–water partition coefficient (Wildman–Crippen LogP) is 2.21. The van der Waals surface area contributed by atoms with Gasteiger partial charge < -0.3 is 14.7 Å². The average Bonchev–Trinajstić information content (AvgIpc) is 3.12. The normalized spacial score (nSPS) is 19.9. The van der Waals surface area contributed by atoms with Gasteiger partial charge >= 0.3 is 0 Å². The molecule has 0 bridgehead atoms. The van der Waals surface area contributed by atoms with E-state index in [0.29, 0.717) is 19.6 Å². The van der Waals surface area contributed by atoms with Crippen LogP contribution in [0.1, 0.15) is 36.5 Å². The van der Waals surface area contributed by atoms with E-state index in [4.69, 9.17) is 0 Å². The Morgan fingerprint density at radius 3 is 2.46 bits per heavy atom. The molecule has 5 heteroatoms. The summed E-state index contributed by atoms with van der Waals surface area (Å²) in [6, 6.07) is 6.35. The Bertz CT molecular complexity index is 667. The molecule has 0 N–H and O–H groups in total. The van der Waals surface area contributed by atoms with Crippen LogP contribution in [-0.4, -0.2) is 65.8 Å². The van der Waals surface area contributed by atoms with E-state index in [1.165, 1.54) is 24.0 Å². The van der Waals surface area contributed by atoms with Crippen LogP contribution in [0, 0.1) is 19.8 Å². The van der Waals surface area contributed by atoms with Gasteiger partial charge in [-0.05, 0) is 56.5 Å². The van der Waals surface area contributed by atoms with E-state index in [0.717, 1.165) is 25.2 Å². The SMILES string of the molecule is Cc1ccc(CN2CCN(C(=O)C(C)CN3CCCC3)CC2=O)cc1C. The molecule has 1 atom stereocenters. The second kappa shape index (κ2) is 8.21. The van der Waals surface area contributed by atoms with Crippen molar-refractivity contribution >= 4 is 11.8 Å². The van der Waals surface area contributed by atoms with Crippen molar-refractivity contribution < 1.29 is 9.59 Å². The summed E-state index contributed by atoms with van der Waals surface area (Å²) in [6.07, 6.45) is 2.47. The first-order valence-corrected chi connectivity index (χ1v) is 9.79. The zero-order valence-electron chi connectivity index (χ0n) is 16.3. The van der Waals surface area contributed by atoms with Gasteiger partial charge in [0.1, 0.15) is 0 Å². The van der Waals surface area contributed by atoms with Gasteiger partial charge in [-0.1, -0.05) is 25.1 Å². The summed E-state index contributed by atoms with van der Waals surface area (Å²) in [6.45, 7) is 11.3. The van der Waals surface area contributed by atoms with Crippen molar-refractivity contribution in [2.24, 2.45) is 5.92 Å². The molecule has 2 fully saturated rings. The topological polar surface area (TPSA) is 43.9 Å². The Morgan fingerprint density at radius 1 is 1.08 bits per heavy atom. The minimum absolute atomic E-state index is 0.0350. The van der Waals surface area contributed by atoms with Crippen molar-refractivity contribution in [2.75, 3.05) is 39.3 Å². The number of nitrogens with zero attached hydrogens (tertiary/aromatic N) is 3. The van der Waals surface area contributed by atoms with Crippen LogP contribution in [0.5, 0.6) is 0 Å². The molecule has 2 heterocycles. The number of piperazine rings is 1. The molecular formula is C21H31N3O2. The molecule has 2 aliphatic rings. The number of hydrogen-bond acceptors (Lipinski definition) is 3. The summed E-state index contributed by atoms with van der Waals surface area (Å²) < 4.78 is 0. The van der Waals surface area contributed by atoms with Gasteiger partial charge in [0, 0.05) is 32.1 Å². The summed E-state index contributed by atoms with van der Waals surface area (Å²) in [5.74, 6) is 0.138. The third-order valence-electron chi connectivity index (χ3n) is 5.73. The molecule has 2 amide bonds. The third kappa shape index (κ3) is 4.44. The third-order valence-corrected chi connectivity index (χ3v) is 5.73. The number of amides is 2. The lowest BCUT2D eigenvalue weighted by Crippen LogP contribution is -2.53. The molecule has 0 radical (unpaired) electrons. The van der Waals surface area contributed by atoms with E-state index in [-0.39, 0.29) is 24.3 Å². The molecule has 1 aromatic carbocycles. The molecule has 0 saturated carbocycles. The van der Waals surface area contributed by atoms with Crippen molar-refractivity contribution in [2.45, 2.75) is 40.2 Å². The van der Waals surface area contributed by atoms with E-state index in [1.54, 1.807) is 4.90 Å². The summed E-state index contributed by atoms with van der Waals surface area (Å²) >= 11 is 0. The molecule has 0 spiro atoms. The van der Waals surface area contributed by atoms with Crippen LogP contribution in [0.2, 0.25) is 0 Å². The zero-order chi connectivity index (χ0) is 18.7. The number of carbonyl (C=O) groups excluding carboxylic acids is 2. The summed E-state index contributed by atoms with van der Waals surface area (Å²) in [4.78, 5) is 31.2. The summed E-state index contributed by atoms with van der Waals surface area (Å²) in [5.41, 5.74) is 3.67. The highest BCUT2D eigenvalue weighted by Crippen LogP contribution is 2.16. The molecule has 26 heavy (non-hydrogen) atoms. The molecule has 1 aromatic rings. The highest BCUT2D eigenvalue weighted by molar-refractivity contribution is 5.87.